The minimum atomic E-state index is 0. The molecule has 2 heterocycles. The van der Waals surface area contributed by atoms with E-state index >= 15 is 0 Å². The standard InChI is InChI=1S/C20H28N4O2.HI/c1-15-16(2)26-19(23-15)11-22-20(21-3)24-10-9-18(12-24)14-25-13-17-7-5-4-6-8-17;/h4-8,18H,9-14H2,1-3H3,(H,21,22);1H. The first kappa shape index (κ1) is 21.7. The van der Waals surface area contributed by atoms with Gasteiger partial charge in [-0.1, -0.05) is 30.3 Å². The molecule has 7 heteroatoms. The number of likely N-dealkylation sites (tertiary alicyclic amines) is 1. The van der Waals surface area contributed by atoms with Gasteiger partial charge in [-0.05, 0) is 25.8 Å². The molecule has 1 unspecified atom stereocenters. The minimum Gasteiger partial charge on any atom is -0.444 e. The molecule has 1 fully saturated rings. The summed E-state index contributed by atoms with van der Waals surface area (Å²) in [5, 5.41) is 3.35. The Morgan fingerprint density at radius 2 is 2.11 bits per heavy atom. The second kappa shape index (κ2) is 10.7. The zero-order valence-electron chi connectivity index (χ0n) is 16.3. The number of ether oxygens (including phenoxy) is 1. The molecule has 0 radical (unpaired) electrons. The highest BCUT2D eigenvalue weighted by molar-refractivity contribution is 14.0. The number of hydrogen-bond acceptors (Lipinski definition) is 4. The van der Waals surface area contributed by atoms with Gasteiger partial charge in [0.1, 0.15) is 5.76 Å². The summed E-state index contributed by atoms with van der Waals surface area (Å²) >= 11 is 0. The van der Waals surface area contributed by atoms with Gasteiger partial charge in [-0.15, -0.1) is 24.0 Å². The van der Waals surface area contributed by atoms with Crippen LogP contribution in [-0.2, 0) is 17.9 Å². The van der Waals surface area contributed by atoms with Crippen LogP contribution in [0.1, 0.15) is 29.3 Å². The molecule has 0 bridgehead atoms. The molecular formula is C20H29IN4O2. The van der Waals surface area contributed by atoms with E-state index in [-0.39, 0.29) is 24.0 Å². The number of rotatable bonds is 6. The Bertz CT molecular complexity index is 713. The lowest BCUT2D eigenvalue weighted by atomic mass is 10.1. The fourth-order valence-corrected chi connectivity index (χ4v) is 3.18. The van der Waals surface area contributed by atoms with Crippen LogP contribution in [0.15, 0.2) is 39.7 Å². The Morgan fingerprint density at radius 3 is 2.78 bits per heavy atom. The van der Waals surface area contributed by atoms with E-state index in [0.29, 0.717) is 25.0 Å². The number of benzene rings is 1. The SMILES string of the molecule is CN=C(NCc1nc(C)c(C)o1)N1CCC(COCc2ccccc2)C1.I. The van der Waals surface area contributed by atoms with Crippen molar-refractivity contribution in [3.05, 3.63) is 53.2 Å². The number of aromatic nitrogens is 1. The monoisotopic (exact) mass is 484 g/mol. The fourth-order valence-electron chi connectivity index (χ4n) is 3.18. The number of nitrogens with zero attached hydrogens (tertiary/aromatic N) is 3. The Kier molecular flexibility index (Phi) is 8.56. The normalized spacial score (nSPS) is 17.1. The van der Waals surface area contributed by atoms with E-state index in [9.17, 15) is 0 Å². The summed E-state index contributed by atoms with van der Waals surface area (Å²) in [5.74, 6) is 2.99. The maximum absolute atomic E-state index is 5.90. The molecule has 0 aliphatic carbocycles. The lowest BCUT2D eigenvalue weighted by Crippen LogP contribution is -2.39. The van der Waals surface area contributed by atoms with Gasteiger partial charge < -0.3 is 19.4 Å². The summed E-state index contributed by atoms with van der Waals surface area (Å²) in [6.07, 6.45) is 1.12. The maximum atomic E-state index is 5.90. The zero-order chi connectivity index (χ0) is 18.4. The predicted octanol–water partition coefficient (Wildman–Crippen LogP) is 3.52. The first-order valence-corrected chi connectivity index (χ1v) is 9.16. The van der Waals surface area contributed by atoms with Crippen LogP contribution in [0.4, 0.5) is 0 Å². The van der Waals surface area contributed by atoms with Crippen molar-refractivity contribution >= 4 is 29.9 Å². The molecule has 3 rings (SSSR count). The highest BCUT2D eigenvalue weighted by Crippen LogP contribution is 2.17. The highest BCUT2D eigenvalue weighted by atomic mass is 127. The average molecular weight is 484 g/mol. The quantitative estimate of drug-likeness (QED) is 0.386. The van der Waals surface area contributed by atoms with Gasteiger partial charge in [0.2, 0.25) is 5.89 Å². The average Bonchev–Trinajstić information content (AvgIpc) is 3.24. The molecule has 1 aliphatic heterocycles. The van der Waals surface area contributed by atoms with Gasteiger partial charge in [0, 0.05) is 26.1 Å². The van der Waals surface area contributed by atoms with Crippen LogP contribution in [0, 0.1) is 19.8 Å². The van der Waals surface area contributed by atoms with Crippen LogP contribution in [0.5, 0.6) is 0 Å². The molecule has 1 N–H and O–H groups in total. The number of nitrogens with one attached hydrogen (secondary N) is 1. The second-order valence-corrected chi connectivity index (χ2v) is 6.75. The lowest BCUT2D eigenvalue weighted by molar-refractivity contribution is 0.0906. The molecule has 1 aromatic heterocycles. The molecule has 2 aromatic rings. The third-order valence-corrected chi connectivity index (χ3v) is 4.73. The largest absolute Gasteiger partial charge is 0.444 e. The summed E-state index contributed by atoms with van der Waals surface area (Å²) in [5.41, 5.74) is 2.16. The topological polar surface area (TPSA) is 62.9 Å². The molecule has 27 heavy (non-hydrogen) atoms. The lowest BCUT2D eigenvalue weighted by Gasteiger charge is -2.21. The summed E-state index contributed by atoms with van der Waals surface area (Å²) in [6.45, 7) is 7.83. The summed E-state index contributed by atoms with van der Waals surface area (Å²) < 4.78 is 11.5. The van der Waals surface area contributed by atoms with Crippen LogP contribution >= 0.6 is 24.0 Å². The molecule has 0 saturated carbocycles. The number of aryl methyl sites for hydroxylation is 2. The van der Waals surface area contributed by atoms with Crippen molar-refractivity contribution in [2.75, 3.05) is 26.7 Å². The van der Waals surface area contributed by atoms with Gasteiger partial charge in [-0.3, -0.25) is 4.99 Å². The van der Waals surface area contributed by atoms with Crippen molar-refractivity contribution in [1.29, 1.82) is 0 Å². The maximum Gasteiger partial charge on any atom is 0.214 e. The third kappa shape index (κ3) is 6.21. The first-order chi connectivity index (χ1) is 12.7. The number of halogens is 1. The summed E-state index contributed by atoms with van der Waals surface area (Å²) in [6, 6.07) is 10.3. The number of guanidine groups is 1. The van der Waals surface area contributed by atoms with Gasteiger partial charge in [0.25, 0.3) is 0 Å². The number of oxazole rings is 1. The van der Waals surface area contributed by atoms with Crippen molar-refractivity contribution in [2.24, 2.45) is 10.9 Å². The Hall–Kier alpha value is -1.61. The van der Waals surface area contributed by atoms with Gasteiger partial charge in [-0.2, -0.15) is 0 Å². The molecule has 1 saturated heterocycles. The molecule has 1 atom stereocenters. The van der Waals surface area contributed by atoms with E-state index in [4.69, 9.17) is 9.15 Å². The van der Waals surface area contributed by atoms with Crippen LogP contribution in [0.3, 0.4) is 0 Å². The van der Waals surface area contributed by atoms with Crippen molar-refractivity contribution in [1.82, 2.24) is 15.2 Å². The van der Waals surface area contributed by atoms with E-state index in [0.717, 1.165) is 43.5 Å². The van der Waals surface area contributed by atoms with Crippen LogP contribution < -0.4 is 5.32 Å². The second-order valence-electron chi connectivity index (χ2n) is 6.75. The Balaban J connectivity index is 0.00000261. The molecular weight excluding hydrogens is 455 g/mol. The van der Waals surface area contributed by atoms with Gasteiger partial charge in [0.05, 0.1) is 25.5 Å². The highest BCUT2D eigenvalue weighted by Gasteiger charge is 2.25. The molecule has 6 nitrogen and oxygen atoms in total. The summed E-state index contributed by atoms with van der Waals surface area (Å²) in [7, 11) is 1.81. The fraction of sp³-hybridized carbons (Fsp3) is 0.500. The Labute approximate surface area is 178 Å². The minimum absolute atomic E-state index is 0. The van der Waals surface area contributed by atoms with Crippen LogP contribution in [-0.4, -0.2) is 42.6 Å². The molecule has 148 valence electrons. The molecule has 1 aromatic carbocycles. The summed E-state index contributed by atoms with van der Waals surface area (Å²) in [4.78, 5) is 11.1. The Morgan fingerprint density at radius 1 is 1.33 bits per heavy atom. The van der Waals surface area contributed by atoms with Crippen molar-refractivity contribution in [3.63, 3.8) is 0 Å². The molecule has 0 spiro atoms. The van der Waals surface area contributed by atoms with Gasteiger partial charge >= 0.3 is 0 Å². The van der Waals surface area contributed by atoms with Gasteiger partial charge in [0.15, 0.2) is 5.96 Å². The molecule has 0 amide bonds. The van der Waals surface area contributed by atoms with E-state index < -0.39 is 0 Å². The molecule has 1 aliphatic rings. The smallest absolute Gasteiger partial charge is 0.214 e. The van der Waals surface area contributed by atoms with Crippen molar-refractivity contribution < 1.29 is 9.15 Å². The number of aliphatic imine (C=N–C) groups is 1. The van der Waals surface area contributed by atoms with Gasteiger partial charge in [-0.25, -0.2) is 4.98 Å². The van der Waals surface area contributed by atoms with Crippen LogP contribution in [0.2, 0.25) is 0 Å². The predicted molar refractivity (Wildman–Crippen MR) is 117 cm³/mol. The van der Waals surface area contributed by atoms with E-state index in [1.807, 2.05) is 39.1 Å². The zero-order valence-corrected chi connectivity index (χ0v) is 18.6. The third-order valence-electron chi connectivity index (χ3n) is 4.73. The number of hydrogen-bond donors (Lipinski definition) is 1. The van der Waals surface area contributed by atoms with E-state index in [1.165, 1.54) is 5.56 Å². The van der Waals surface area contributed by atoms with Crippen molar-refractivity contribution in [3.8, 4) is 0 Å². The first-order valence-electron chi connectivity index (χ1n) is 9.16. The van der Waals surface area contributed by atoms with Crippen LogP contribution in [0.25, 0.3) is 0 Å². The van der Waals surface area contributed by atoms with E-state index in [2.05, 4.69) is 32.3 Å². The van der Waals surface area contributed by atoms with Crippen molar-refractivity contribution in [2.45, 2.75) is 33.4 Å². The van der Waals surface area contributed by atoms with E-state index in [1.54, 1.807) is 0 Å².